The molecule has 0 saturated heterocycles. The van der Waals surface area contributed by atoms with Crippen LogP contribution in [0.25, 0.3) is 0 Å². The number of amidine groups is 1. The minimum absolute atomic E-state index is 0.109. The molecule has 3 N–H and O–H groups in total. The Balaban J connectivity index is 2.33. The lowest BCUT2D eigenvalue weighted by Gasteiger charge is -2.13. The summed E-state index contributed by atoms with van der Waals surface area (Å²) >= 11 is 1.47. The zero-order valence-electron chi connectivity index (χ0n) is 10.7. The monoisotopic (exact) mass is 269 g/mol. The van der Waals surface area contributed by atoms with Crippen molar-refractivity contribution >= 4 is 23.1 Å². The molecule has 0 aliphatic heterocycles. The number of carbonyl (C=O) groups excluding carboxylic acids is 1. The molecule has 1 amide bonds. The summed E-state index contributed by atoms with van der Waals surface area (Å²) in [5, 5.41) is 8.46. The summed E-state index contributed by atoms with van der Waals surface area (Å²) < 4.78 is 0. The molecule has 1 heterocycles. The third kappa shape index (κ3) is 4.75. The van der Waals surface area contributed by atoms with Gasteiger partial charge in [0.05, 0.1) is 4.88 Å². The Morgan fingerprint density at radius 3 is 2.83 bits per heavy atom. The standard InChI is InChI=1S/C12H19N3O2S/c1-3-9(4-2)14-11(16)8-17-15-12(13)10-6-5-7-18-10/h5-7,9H,3-4,8H2,1-2H3,(H2,13,15)(H,14,16). The van der Waals surface area contributed by atoms with Crippen LogP contribution < -0.4 is 11.1 Å². The van der Waals surface area contributed by atoms with E-state index < -0.39 is 0 Å². The van der Waals surface area contributed by atoms with Crippen molar-refractivity contribution in [2.24, 2.45) is 10.9 Å². The van der Waals surface area contributed by atoms with Crippen LogP contribution in [-0.2, 0) is 9.63 Å². The summed E-state index contributed by atoms with van der Waals surface area (Å²) in [6, 6.07) is 3.92. The van der Waals surface area contributed by atoms with E-state index in [-0.39, 0.29) is 18.6 Å². The van der Waals surface area contributed by atoms with Gasteiger partial charge in [-0.3, -0.25) is 4.79 Å². The summed E-state index contributed by atoms with van der Waals surface area (Å²) in [5.41, 5.74) is 5.68. The molecule has 0 spiro atoms. The lowest BCUT2D eigenvalue weighted by Crippen LogP contribution is -2.36. The van der Waals surface area contributed by atoms with Crippen LogP contribution in [0.4, 0.5) is 0 Å². The molecule has 0 saturated carbocycles. The predicted molar refractivity (Wildman–Crippen MR) is 73.5 cm³/mol. The maximum atomic E-state index is 11.5. The Labute approximate surface area is 111 Å². The first-order valence-electron chi connectivity index (χ1n) is 5.96. The molecule has 0 bridgehead atoms. The Morgan fingerprint density at radius 2 is 2.28 bits per heavy atom. The molecule has 0 fully saturated rings. The van der Waals surface area contributed by atoms with E-state index in [1.807, 2.05) is 31.4 Å². The number of rotatable bonds is 7. The molecule has 5 nitrogen and oxygen atoms in total. The van der Waals surface area contributed by atoms with E-state index in [1.54, 1.807) is 0 Å². The molecular formula is C12H19N3O2S. The average Bonchev–Trinajstić information content (AvgIpc) is 2.89. The van der Waals surface area contributed by atoms with Crippen LogP contribution in [0.1, 0.15) is 31.6 Å². The van der Waals surface area contributed by atoms with Gasteiger partial charge in [-0.2, -0.15) is 0 Å². The molecule has 1 aromatic rings. The van der Waals surface area contributed by atoms with Gasteiger partial charge in [-0.1, -0.05) is 25.1 Å². The highest BCUT2D eigenvalue weighted by atomic mass is 32.1. The van der Waals surface area contributed by atoms with Crippen molar-refractivity contribution in [1.29, 1.82) is 0 Å². The zero-order valence-corrected chi connectivity index (χ0v) is 11.5. The van der Waals surface area contributed by atoms with E-state index >= 15 is 0 Å². The molecule has 6 heteroatoms. The molecule has 1 rings (SSSR count). The van der Waals surface area contributed by atoms with Crippen molar-refractivity contribution < 1.29 is 9.63 Å². The number of thiophene rings is 1. The van der Waals surface area contributed by atoms with E-state index in [0.29, 0.717) is 5.84 Å². The van der Waals surface area contributed by atoms with E-state index in [1.165, 1.54) is 11.3 Å². The van der Waals surface area contributed by atoms with Crippen molar-refractivity contribution in [2.45, 2.75) is 32.7 Å². The fourth-order valence-electron chi connectivity index (χ4n) is 1.39. The molecule has 0 aliphatic carbocycles. The van der Waals surface area contributed by atoms with Gasteiger partial charge in [-0.15, -0.1) is 11.3 Å². The van der Waals surface area contributed by atoms with Crippen LogP contribution >= 0.6 is 11.3 Å². The van der Waals surface area contributed by atoms with Gasteiger partial charge in [0.15, 0.2) is 12.4 Å². The number of oxime groups is 1. The molecule has 0 unspecified atom stereocenters. The lowest BCUT2D eigenvalue weighted by molar-refractivity contribution is -0.126. The minimum atomic E-state index is -0.175. The van der Waals surface area contributed by atoms with Crippen molar-refractivity contribution in [3.05, 3.63) is 22.4 Å². The maximum absolute atomic E-state index is 11.5. The summed E-state index contributed by atoms with van der Waals surface area (Å²) in [6.07, 6.45) is 1.81. The highest BCUT2D eigenvalue weighted by Gasteiger charge is 2.08. The molecule has 100 valence electrons. The smallest absolute Gasteiger partial charge is 0.260 e. The topological polar surface area (TPSA) is 76.7 Å². The number of carbonyl (C=O) groups is 1. The van der Waals surface area contributed by atoms with Crippen molar-refractivity contribution in [3.8, 4) is 0 Å². The van der Waals surface area contributed by atoms with Crippen LogP contribution in [0.5, 0.6) is 0 Å². The number of hydrogen-bond acceptors (Lipinski definition) is 4. The predicted octanol–water partition coefficient (Wildman–Crippen LogP) is 1.69. The minimum Gasteiger partial charge on any atom is -0.384 e. The highest BCUT2D eigenvalue weighted by molar-refractivity contribution is 7.12. The maximum Gasteiger partial charge on any atom is 0.260 e. The largest absolute Gasteiger partial charge is 0.384 e. The first kappa shape index (κ1) is 14.5. The van der Waals surface area contributed by atoms with Gasteiger partial charge in [0, 0.05) is 6.04 Å². The van der Waals surface area contributed by atoms with Crippen molar-refractivity contribution in [2.75, 3.05) is 6.61 Å². The number of nitrogens with two attached hydrogens (primary N) is 1. The molecule has 0 aliphatic rings. The summed E-state index contributed by atoms with van der Waals surface area (Å²) in [5.74, 6) is 0.117. The Hall–Kier alpha value is -1.56. The van der Waals surface area contributed by atoms with Crippen LogP contribution in [0, 0.1) is 0 Å². The van der Waals surface area contributed by atoms with E-state index in [2.05, 4.69) is 10.5 Å². The van der Waals surface area contributed by atoms with Gasteiger partial charge in [0.2, 0.25) is 0 Å². The summed E-state index contributed by atoms with van der Waals surface area (Å²) in [7, 11) is 0. The Morgan fingerprint density at radius 1 is 1.56 bits per heavy atom. The fraction of sp³-hybridized carbons (Fsp3) is 0.500. The second-order valence-corrected chi connectivity index (χ2v) is 4.76. The molecule has 0 radical (unpaired) electrons. The molecule has 0 atom stereocenters. The Kier molecular flexibility index (Phi) is 6.21. The second-order valence-electron chi connectivity index (χ2n) is 3.81. The molecular weight excluding hydrogens is 250 g/mol. The molecule has 1 aromatic heterocycles. The average molecular weight is 269 g/mol. The van der Waals surface area contributed by atoms with Crippen molar-refractivity contribution in [3.63, 3.8) is 0 Å². The summed E-state index contributed by atoms with van der Waals surface area (Å²) in [4.78, 5) is 17.3. The quantitative estimate of drug-likeness (QED) is 0.449. The van der Waals surface area contributed by atoms with Crippen molar-refractivity contribution in [1.82, 2.24) is 5.32 Å². The van der Waals surface area contributed by atoms with Crippen LogP contribution in [-0.4, -0.2) is 24.4 Å². The normalized spacial score (nSPS) is 11.6. The Bertz CT molecular complexity index is 386. The highest BCUT2D eigenvalue weighted by Crippen LogP contribution is 2.07. The van der Waals surface area contributed by atoms with Gasteiger partial charge in [0.25, 0.3) is 5.91 Å². The number of hydrogen-bond donors (Lipinski definition) is 2. The van der Waals surface area contributed by atoms with E-state index in [9.17, 15) is 4.79 Å². The first-order valence-corrected chi connectivity index (χ1v) is 6.84. The fourth-order valence-corrected chi connectivity index (χ4v) is 2.01. The lowest BCUT2D eigenvalue weighted by atomic mass is 10.2. The number of amides is 1. The summed E-state index contributed by atoms with van der Waals surface area (Å²) in [6.45, 7) is 3.95. The van der Waals surface area contributed by atoms with E-state index in [4.69, 9.17) is 10.6 Å². The van der Waals surface area contributed by atoms with Gasteiger partial charge in [0.1, 0.15) is 0 Å². The van der Waals surface area contributed by atoms with Gasteiger partial charge >= 0.3 is 0 Å². The SMILES string of the molecule is CCC(CC)NC(=O)CON=C(N)c1cccs1. The van der Waals surface area contributed by atoms with Crippen LogP contribution in [0.15, 0.2) is 22.7 Å². The first-order chi connectivity index (χ1) is 8.67. The van der Waals surface area contributed by atoms with Crippen LogP contribution in [0.3, 0.4) is 0 Å². The van der Waals surface area contributed by atoms with Gasteiger partial charge < -0.3 is 15.9 Å². The second kappa shape index (κ2) is 7.71. The number of nitrogens with zero attached hydrogens (tertiary/aromatic N) is 1. The van der Waals surface area contributed by atoms with E-state index in [0.717, 1.165) is 17.7 Å². The van der Waals surface area contributed by atoms with Gasteiger partial charge in [-0.05, 0) is 24.3 Å². The third-order valence-corrected chi connectivity index (χ3v) is 3.38. The third-order valence-electron chi connectivity index (χ3n) is 2.48. The zero-order chi connectivity index (χ0) is 13.4. The molecule has 18 heavy (non-hydrogen) atoms. The molecule has 0 aromatic carbocycles. The number of nitrogens with one attached hydrogen (secondary N) is 1. The van der Waals surface area contributed by atoms with Crippen LogP contribution in [0.2, 0.25) is 0 Å². The van der Waals surface area contributed by atoms with Gasteiger partial charge in [-0.25, -0.2) is 0 Å².